The second kappa shape index (κ2) is 3.59. The number of carbonyl (C=O) groups excluding carboxylic acids is 1. The fraction of sp³-hybridized carbons (Fsp3) is 0.500. The van der Waals surface area contributed by atoms with E-state index in [0.717, 1.165) is 5.01 Å². The van der Waals surface area contributed by atoms with Gasteiger partial charge in [-0.1, -0.05) is 11.3 Å². The highest BCUT2D eigenvalue weighted by Crippen LogP contribution is 2.13. The summed E-state index contributed by atoms with van der Waals surface area (Å²) in [5, 5.41) is 19.8. The van der Waals surface area contributed by atoms with Gasteiger partial charge in [-0.3, -0.25) is 10.1 Å². The molecule has 0 radical (unpaired) electrons. The van der Waals surface area contributed by atoms with E-state index in [1.165, 1.54) is 18.3 Å². The maximum absolute atomic E-state index is 10.9. The van der Waals surface area contributed by atoms with Crippen molar-refractivity contribution < 1.29 is 9.90 Å². The van der Waals surface area contributed by atoms with Crippen molar-refractivity contribution in [3.8, 4) is 0 Å². The molecule has 5 nitrogen and oxygen atoms in total. The molecule has 0 bridgehead atoms. The van der Waals surface area contributed by atoms with Crippen LogP contribution in [0.2, 0.25) is 0 Å². The molecule has 0 unspecified atom stereocenters. The second-order valence-corrected chi connectivity index (χ2v) is 3.47. The molecule has 0 saturated carbocycles. The minimum Gasteiger partial charge on any atom is -0.384 e. The van der Waals surface area contributed by atoms with Gasteiger partial charge in [0.2, 0.25) is 5.13 Å². The van der Waals surface area contributed by atoms with Crippen LogP contribution < -0.4 is 5.32 Å². The van der Waals surface area contributed by atoms with Crippen molar-refractivity contribution >= 4 is 22.4 Å². The normalized spacial score (nSPS) is 12.6. The SMILES string of the molecule is Cc1nnc(NC(=O)[C@H](C)O)s1. The molecule has 1 aromatic rings. The Morgan fingerprint density at radius 2 is 2.33 bits per heavy atom. The fourth-order valence-corrected chi connectivity index (χ4v) is 1.15. The minimum absolute atomic E-state index is 0.415. The summed E-state index contributed by atoms with van der Waals surface area (Å²) in [4.78, 5) is 10.9. The predicted molar refractivity (Wildman–Crippen MR) is 45.0 cm³/mol. The Hall–Kier alpha value is -1.01. The summed E-state index contributed by atoms with van der Waals surface area (Å²) in [6.45, 7) is 3.18. The Morgan fingerprint density at radius 3 is 2.75 bits per heavy atom. The number of aromatic nitrogens is 2. The van der Waals surface area contributed by atoms with Crippen molar-refractivity contribution in [3.05, 3.63) is 5.01 Å². The van der Waals surface area contributed by atoms with Crippen LogP contribution >= 0.6 is 11.3 Å². The monoisotopic (exact) mass is 187 g/mol. The molecule has 2 N–H and O–H groups in total. The van der Waals surface area contributed by atoms with Crippen LogP contribution in [0.15, 0.2) is 0 Å². The zero-order valence-electron chi connectivity index (χ0n) is 6.74. The highest BCUT2D eigenvalue weighted by atomic mass is 32.1. The first-order chi connectivity index (χ1) is 5.59. The number of aliphatic hydroxyl groups excluding tert-OH is 1. The highest BCUT2D eigenvalue weighted by Gasteiger charge is 2.10. The molecule has 66 valence electrons. The van der Waals surface area contributed by atoms with Gasteiger partial charge in [-0.15, -0.1) is 10.2 Å². The van der Waals surface area contributed by atoms with E-state index < -0.39 is 12.0 Å². The first kappa shape index (κ1) is 9.08. The van der Waals surface area contributed by atoms with Gasteiger partial charge in [-0.2, -0.15) is 0 Å². The van der Waals surface area contributed by atoms with Crippen LogP contribution in [0, 0.1) is 6.92 Å². The summed E-state index contributed by atoms with van der Waals surface area (Å²) < 4.78 is 0. The molecular formula is C6H9N3O2S. The number of anilines is 1. The molecule has 0 aliphatic heterocycles. The zero-order chi connectivity index (χ0) is 9.14. The van der Waals surface area contributed by atoms with Crippen LogP contribution in [-0.2, 0) is 4.79 Å². The van der Waals surface area contributed by atoms with E-state index in [4.69, 9.17) is 5.11 Å². The number of carbonyl (C=O) groups is 1. The van der Waals surface area contributed by atoms with Gasteiger partial charge < -0.3 is 5.11 Å². The van der Waals surface area contributed by atoms with Crippen LogP contribution in [0.4, 0.5) is 5.13 Å². The van der Waals surface area contributed by atoms with Crippen molar-refractivity contribution in [1.29, 1.82) is 0 Å². The van der Waals surface area contributed by atoms with Crippen molar-refractivity contribution in [3.63, 3.8) is 0 Å². The molecule has 0 saturated heterocycles. The summed E-state index contributed by atoms with van der Waals surface area (Å²) in [7, 11) is 0. The van der Waals surface area contributed by atoms with Crippen LogP contribution in [0.1, 0.15) is 11.9 Å². The molecule has 1 rings (SSSR count). The minimum atomic E-state index is -1.02. The van der Waals surface area contributed by atoms with E-state index >= 15 is 0 Å². The predicted octanol–water partition coefficient (Wildman–Crippen LogP) is 0.166. The number of nitrogens with one attached hydrogen (secondary N) is 1. The highest BCUT2D eigenvalue weighted by molar-refractivity contribution is 7.15. The Kier molecular flexibility index (Phi) is 2.72. The number of aliphatic hydroxyl groups is 1. The third kappa shape index (κ3) is 2.24. The number of amides is 1. The van der Waals surface area contributed by atoms with Crippen LogP contribution in [0.25, 0.3) is 0 Å². The molecule has 1 aromatic heterocycles. The van der Waals surface area contributed by atoms with Gasteiger partial charge in [0.05, 0.1) is 0 Å². The van der Waals surface area contributed by atoms with Crippen LogP contribution in [0.5, 0.6) is 0 Å². The van der Waals surface area contributed by atoms with E-state index in [9.17, 15) is 4.79 Å². The van der Waals surface area contributed by atoms with E-state index in [0.29, 0.717) is 5.13 Å². The number of rotatable bonds is 2. The van der Waals surface area contributed by atoms with Gasteiger partial charge in [0, 0.05) is 0 Å². The van der Waals surface area contributed by atoms with Crippen molar-refractivity contribution in [2.75, 3.05) is 5.32 Å². The number of aryl methyl sites for hydroxylation is 1. The Balaban J connectivity index is 2.58. The lowest BCUT2D eigenvalue weighted by Crippen LogP contribution is -2.24. The Labute approximate surface area is 73.4 Å². The maximum Gasteiger partial charge on any atom is 0.254 e. The van der Waals surface area contributed by atoms with Crippen LogP contribution in [0.3, 0.4) is 0 Å². The molecule has 0 aromatic carbocycles. The molecule has 0 spiro atoms. The van der Waals surface area contributed by atoms with E-state index in [-0.39, 0.29) is 0 Å². The molecule has 12 heavy (non-hydrogen) atoms. The smallest absolute Gasteiger partial charge is 0.254 e. The summed E-state index contributed by atoms with van der Waals surface area (Å²) in [6, 6.07) is 0. The van der Waals surface area contributed by atoms with Gasteiger partial charge in [0.1, 0.15) is 11.1 Å². The van der Waals surface area contributed by atoms with Gasteiger partial charge in [0.15, 0.2) is 0 Å². The third-order valence-corrected chi connectivity index (χ3v) is 1.89. The molecule has 0 aliphatic carbocycles. The zero-order valence-corrected chi connectivity index (χ0v) is 7.55. The Morgan fingerprint density at radius 1 is 1.67 bits per heavy atom. The molecule has 1 amide bonds. The molecule has 0 aliphatic rings. The van der Waals surface area contributed by atoms with E-state index in [1.54, 1.807) is 6.92 Å². The average molecular weight is 187 g/mol. The Bertz CT molecular complexity index is 284. The number of hydrogen-bond acceptors (Lipinski definition) is 5. The van der Waals surface area contributed by atoms with Crippen molar-refractivity contribution in [1.82, 2.24) is 10.2 Å². The molecule has 0 fully saturated rings. The first-order valence-corrected chi connectivity index (χ1v) is 4.20. The largest absolute Gasteiger partial charge is 0.384 e. The van der Waals surface area contributed by atoms with E-state index in [1.807, 2.05) is 0 Å². The average Bonchev–Trinajstić information content (AvgIpc) is 2.35. The standard InChI is InChI=1S/C6H9N3O2S/c1-3(10)5(11)7-6-9-8-4(2)12-6/h3,10H,1-2H3,(H,7,9,11)/t3-/m0/s1. The second-order valence-electron chi connectivity index (χ2n) is 2.29. The van der Waals surface area contributed by atoms with E-state index in [2.05, 4.69) is 15.5 Å². The lowest BCUT2D eigenvalue weighted by atomic mass is 10.4. The molecule has 6 heteroatoms. The summed E-state index contributed by atoms with van der Waals surface area (Å²) >= 11 is 1.27. The van der Waals surface area contributed by atoms with Gasteiger partial charge >= 0.3 is 0 Å². The number of nitrogens with zero attached hydrogens (tertiary/aromatic N) is 2. The lowest BCUT2D eigenvalue weighted by Gasteiger charge is -2.01. The number of hydrogen-bond donors (Lipinski definition) is 2. The first-order valence-electron chi connectivity index (χ1n) is 3.38. The summed E-state index contributed by atoms with van der Waals surface area (Å²) in [6.07, 6.45) is -1.02. The fourth-order valence-electron chi connectivity index (χ4n) is 0.557. The van der Waals surface area contributed by atoms with Crippen molar-refractivity contribution in [2.45, 2.75) is 20.0 Å². The molecule has 1 heterocycles. The van der Waals surface area contributed by atoms with Crippen molar-refractivity contribution in [2.24, 2.45) is 0 Å². The molecular weight excluding hydrogens is 178 g/mol. The molecule has 1 atom stereocenters. The van der Waals surface area contributed by atoms with Crippen LogP contribution in [-0.4, -0.2) is 27.3 Å². The third-order valence-electron chi connectivity index (χ3n) is 1.14. The van der Waals surface area contributed by atoms with Gasteiger partial charge in [-0.25, -0.2) is 0 Å². The summed E-state index contributed by atoms with van der Waals surface area (Å²) in [5.41, 5.74) is 0. The summed E-state index contributed by atoms with van der Waals surface area (Å²) in [5.74, 6) is -0.467. The lowest BCUT2D eigenvalue weighted by molar-refractivity contribution is -0.123. The van der Waals surface area contributed by atoms with Gasteiger partial charge in [0.25, 0.3) is 5.91 Å². The van der Waals surface area contributed by atoms with Gasteiger partial charge in [-0.05, 0) is 13.8 Å². The maximum atomic E-state index is 10.9. The quantitative estimate of drug-likeness (QED) is 0.691. The topological polar surface area (TPSA) is 75.1 Å².